The second-order valence-corrected chi connectivity index (χ2v) is 3.86. The van der Waals surface area contributed by atoms with Crippen LogP contribution in [-0.4, -0.2) is 21.8 Å². The maximum atomic E-state index is 9.17. The normalized spacial score (nSPS) is 10.3. The van der Waals surface area contributed by atoms with E-state index in [1.54, 1.807) is 18.5 Å². The van der Waals surface area contributed by atoms with E-state index in [1.807, 2.05) is 24.3 Å². The lowest BCUT2D eigenvalue weighted by Gasteiger charge is -2.09. The molecule has 0 aliphatic rings. The summed E-state index contributed by atoms with van der Waals surface area (Å²) in [4.78, 5) is 3.97. The Morgan fingerprint density at radius 2 is 1.83 bits per heavy atom. The molecule has 0 amide bonds. The molecule has 94 valence electrons. The van der Waals surface area contributed by atoms with Gasteiger partial charge in [-0.25, -0.2) is 0 Å². The zero-order valence-corrected chi connectivity index (χ0v) is 9.91. The molecule has 1 aromatic carbocycles. The van der Waals surface area contributed by atoms with Gasteiger partial charge in [0.1, 0.15) is 5.75 Å². The number of aromatic nitrogens is 1. The number of rotatable bonds is 5. The van der Waals surface area contributed by atoms with Gasteiger partial charge in [-0.3, -0.25) is 4.98 Å². The minimum absolute atomic E-state index is 0.0829. The molecule has 2 rings (SSSR count). The Hall–Kier alpha value is -1.91. The Morgan fingerprint density at radius 1 is 1.06 bits per heavy atom. The number of ether oxygens (including phenoxy) is 1. The second-order valence-electron chi connectivity index (χ2n) is 3.86. The quantitative estimate of drug-likeness (QED) is 0.844. The van der Waals surface area contributed by atoms with Gasteiger partial charge >= 0.3 is 0 Å². The third-order valence-electron chi connectivity index (χ3n) is 2.59. The highest BCUT2D eigenvalue weighted by atomic mass is 16.5. The summed E-state index contributed by atoms with van der Waals surface area (Å²) in [6.07, 6.45) is 3.82. The lowest BCUT2D eigenvalue weighted by Crippen LogP contribution is -1.93. The van der Waals surface area contributed by atoms with Crippen LogP contribution in [0, 0.1) is 0 Å². The molecule has 4 heteroatoms. The Balaban J connectivity index is 2.13. The third kappa shape index (κ3) is 3.06. The Morgan fingerprint density at radius 3 is 2.50 bits per heavy atom. The van der Waals surface area contributed by atoms with Crippen molar-refractivity contribution in [1.82, 2.24) is 4.98 Å². The lowest BCUT2D eigenvalue weighted by molar-refractivity contribution is 0.276. The number of hydrogen-bond donors (Lipinski definition) is 2. The van der Waals surface area contributed by atoms with Crippen molar-refractivity contribution in [2.24, 2.45) is 0 Å². The van der Waals surface area contributed by atoms with Gasteiger partial charge in [-0.15, -0.1) is 0 Å². The number of aliphatic hydroxyl groups excluding tert-OH is 2. The highest BCUT2D eigenvalue weighted by Gasteiger charge is 2.03. The lowest BCUT2D eigenvalue weighted by atomic mass is 10.1. The topological polar surface area (TPSA) is 62.6 Å². The van der Waals surface area contributed by atoms with Crippen LogP contribution in [0.15, 0.2) is 42.7 Å². The van der Waals surface area contributed by atoms with E-state index in [0.717, 1.165) is 5.56 Å². The Kier molecular flexibility index (Phi) is 4.28. The molecule has 1 heterocycles. The minimum Gasteiger partial charge on any atom is -0.455 e. The first-order valence-corrected chi connectivity index (χ1v) is 5.75. The average Bonchev–Trinajstić information content (AvgIpc) is 2.42. The molecule has 2 N–H and O–H groups in total. The van der Waals surface area contributed by atoms with E-state index in [9.17, 15) is 5.11 Å². The molecule has 0 aliphatic heterocycles. The monoisotopic (exact) mass is 245 g/mol. The molecule has 4 nitrogen and oxygen atoms in total. The fourth-order valence-electron chi connectivity index (χ4n) is 1.61. The van der Waals surface area contributed by atoms with Crippen molar-refractivity contribution in [1.29, 1.82) is 0 Å². The number of benzene rings is 1. The molecule has 2 aromatic rings. The highest BCUT2D eigenvalue weighted by molar-refractivity contribution is 5.36. The molecule has 0 spiro atoms. The van der Waals surface area contributed by atoms with E-state index in [-0.39, 0.29) is 13.2 Å². The van der Waals surface area contributed by atoms with Crippen molar-refractivity contribution in [3.8, 4) is 11.5 Å². The Labute approximate surface area is 106 Å². The summed E-state index contributed by atoms with van der Waals surface area (Å²) in [5.74, 6) is 1.23. The van der Waals surface area contributed by atoms with Crippen LogP contribution in [0.25, 0.3) is 0 Å². The van der Waals surface area contributed by atoms with Crippen molar-refractivity contribution >= 4 is 0 Å². The van der Waals surface area contributed by atoms with Crippen LogP contribution < -0.4 is 4.74 Å². The molecule has 0 saturated carbocycles. The molecule has 0 saturated heterocycles. The fraction of sp³-hybridized carbons (Fsp3) is 0.214. The summed E-state index contributed by atoms with van der Waals surface area (Å²) in [6.45, 7) is 0.0535. The summed E-state index contributed by atoms with van der Waals surface area (Å²) < 4.78 is 5.65. The summed E-state index contributed by atoms with van der Waals surface area (Å²) >= 11 is 0. The van der Waals surface area contributed by atoms with Gasteiger partial charge in [-0.05, 0) is 30.2 Å². The highest BCUT2D eigenvalue weighted by Crippen LogP contribution is 2.24. The summed E-state index contributed by atoms with van der Waals surface area (Å²) in [5, 5.41) is 18.0. The zero-order chi connectivity index (χ0) is 12.8. The van der Waals surface area contributed by atoms with Gasteiger partial charge in [-0.1, -0.05) is 12.1 Å². The van der Waals surface area contributed by atoms with E-state index in [0.29, 0.717) is 23.5 Å². The average molecular weight is 245 g/mol. The van der Waals surface area contributed by atoms with Gasteiger partial charge in [0.15, 0.2) is 5.75 Å². The number of pyridine rings is 1. The molecular formula is C14H15NO3. The number of hydrogen-bond acceptors (Lipinski definition) is 4. The maximum Gasteiger partial charge on any atom is 0.151 e. The predicted octanol–water partition coefficient (Wildman–Crippen LogP) is 1.90. The van der Waals surface area contributed by atoms with E-state index in [1.165, 1.54) is 0 Å². The third-order valence-corrected chi connectivity index (χ3v) is 2.59. The number of nitrogens with zero attached hydrogens (tertiary/aromatic N) is 1. The summed E-state index contributed by atoms with van der Waals surface area (Å²) in [7, 11) is 0. The first kappa shape index (κ1) is 12.5. The SMILES string of the molecule is OCCc1ccc(Oc2cnccc2CO)cc1. The van der Waals surface area contributed by atoms with Crippen LogP contribution in [0.3, 0.4) is 0 Å². The molecule has 1 aromatic heterocycles. The van der Waals surface area contributed by atoms with E-state index in [4.69, 9.17) is 9.84 Å². The minimum atomic E-state index is -0.0829. The molecule has 0 aliphatic carbocycles. The maximum absolute atomic E-state index is 9.17. The van der Waals surface area contributed by atoms with Crippen LogP contribution in [0.5, 0.6) is 11.5 Å². The van der Waals surface area contributed by atoms with Crippen molar-refractivity contribution in [3.63, 3.8) is 0 Å². The molecule has 0 atom stereocenters. The summed E-state index contributed by atoms with van der Waals surface area (Å²) in [6, 6.07) is 9.19. The molecular weight excluding hydrogens is 230 g/mol. The van der Waals surface area contributed by atoms with Gasteiger partial charge in [0, 0.05) is 18.4 Å². The van der Waals surface area contributed by atoms with Gasteiger partial charge in [0.2, 0.25) is 0 Å². The fourth-order valence-corrected chi connectivity index (χ4v) is 1.61. The van der Waals surface area contributed by atoms with Crippen molar-refractivity contribution in [2.45, 2.75) is 13.0 Å². The van der Waals surface area contributed by atoms with E-state index in [2.05, 4.69) is 4.98 Å². The Bertz CT molecular complexity index is 497. The molecule has 0 bridgehead atoms. The largest absolute Gasteiger partial charge is 0.455 e. The van der Waals surface area contributed by atoms with E-state index < -0.39 is 0 Å². The first-order chi connectivity index (χ1) is 8.83. The van der Waals surface area contributed by atoms with Gasteiger partial charge in [-0.2, -0.15) is 0 Å². The van der Waals surface area contributed by atoms with E-state index >= 15 is 0 Å². The number of aliphatic hydroxyl groups is 2. The summed E-state index contributed by atoms with van der Waals surface area (Å²) in [5.41, 5.74) is 1.75. The van der Waals surface area contributed by atoms with Crippen LogP contribution in [0.4, 0.5) is 0 Å². The van der Waals surface area contributed by atoms with Crippen LogP contribution in [0.1, 0.15) is 11.1 Å². The molecule has 18 heavy (non-hydrogen) atoms. The van der Waals surface area contributed by atoms with Crippen molar-refractivity contribution in [2.75, 3.05) is 6.61 Å². The van der Waals surface area contributed by atoms with Crippen molar-refractivity contribution < 1.29 is 14.9 Å². The smallest absolute Gasteiger partial charge is 0.151 e. The van der Waals surface area contributed by atoms with Gasteiger partial charge in [0.25, 0.3) is 0 Å². The van der Waals surface area contributed by atoms with Gasteiger partial charge in [0.05, 0.1) is 12.8 Å². The molecule has 0 radical (unpaired) electrons. The van der Waals surface area contributed by atoms with Crippen molar-refractivity contribution in [3.05, 3.63) is 53.9 Å². The standard InChI is InChI=1S/C14H15NO3/c16-8-6-11-1-3-13(4-2-11)18-14-9-15-7-5-12(14)10-17/h1-5,7,9,16-17H,6,8,10H2. The molecule has 0 unspecified atom stereocenters. The first-order valence-electron chi connectivity index (χ1n) is 5.75. The molecule has 0 fully saturated rings. The predicted molar refractivity (Wildman–Crippen MR) is 67.5 cm³/mol. The zero-order valence-electron chi connectivity index (χ0n) is 9.91. The van der Waals surface area contributed by atoms with Crippen LogP contribution in [0.2, 0.25) is 0 Å². The van der Waals surface area contributed by atoms with Crippen LogP contribution in [-0.2, 0) is 13.0 Å². The second kappa shape index (κ2) is 6.14. The van der Waals surface area contributed by atoms with Crippen LogP contribution >= 0.6 is 0 Å². The van der Waals surface area contributed by atoms with Gasteiger partial charge < -0.3 is 14.9 Å².